The fourth-order valence-electron chi connectivity index (χ4n) is 2.01. The van der Waals surface area contributed by atoms with Gasteiger partial charge >= 0.3 is 6.03 Å². The summed E-state index contributed by atoms with van der Waals surface area (Å²) in [7, 11) is 0. The normalized spacial score (nSPS) is 10.1. The molecule has 2 aromatic rings. The lowest BCUT2D eigenvalue weighted by Gasteiger charge is -2.10. The first-order chi connectivity index (χ1) is 9.67. The van der Waals surface area contributed by atoms with Gasteiger partial charge in [0.2, 0.25) is 0 Å². The fourth-order valence-corrected chi connectivity index (χ4v) is 2.01. The van der Waals surface area contributed by atoms with E-state index in [2.05, 4.69) is 10.6 Å². The summed E-state index contributed by atoms with van der Waals surface area (Å²) in [5.74, 6) is 0. The minimum atomic E-state index is -0.220. The molecule has 0 heterocycles. The van der Waals surface area contributed by atoms with Gasteiger partial charge in [-0.2, -0.15) is 0 Å². The fraction of sp³-hybridized carbons (Fsp3) is 0.188. The minimum absolute atomic E-state index is 0.220. The number of urea groups is 1. The highest BCUT2D eigenvalue weighted by Gasteiger charge is 2.03. The van der Waals surface area contributed by atoms with E-state index in [-0.39, 0.29) is 6.03 Å². The lowest BCUT2D eigenvalue weighted by molar-refractivity contribution is 0.251. The van der Waals surface area contributed by atoms with E-state index in [4.69, 9.17) is 5.73 Å². The van der Waals surface area contributed by atoms with Crippen LogP contribution < -0.4 is 16.4 Å². The summed E-state index contributed by atoms with van der Waals surface area (Å²) in [5.41, 5.74) is 9.53. The number of rotatable bonds is 4. The second-order valence-electron chi connectivity index (χ2n) is 4.70. The minimum Gasteiger partial charge on any atom is -0.334 e. The van der Waals surface area contributed by atoms with Gasteiger partial charge in [0, 0.05) is 18.8 Å². The summed E-state index contributed by atoms with van der Waals surface area (Å²) in [5, 5.41) is 5.65. The van der Waals surface area contributed by atoms with Crippen LogP contribution in [-0.2, 0) is 13.1 Å². The van der Waals surface area contributed by atoms with Crippen molar-refractivity contribution in [2.24, 2.45) is 5.73 Å². The number of carbonyl (C=O) groups is 1. The molecule has 2 rings (SSSR count). The summed E-state index contributed by atoms with van der Waals surface area (Å²) in [6.07, 6.45) is 0. The van der Waals surface area contributed by atoms with Crippen LogP contribution in [0.3, 0.4) is 0 Å². The summed E-state index contributed by atoms with van der Waals surface area (Å²) in [6, 6.07) is 15.4. The Kier molecular flexibility index (Phi) is 4.74. The van der Waals surface area contributed by atoms with Gasteiger partial charge in [0.15, 0.2) is 0 Å². The highest BCUT2D eigenvalue weighted by Crippen LogP contribution is 2.14. The Morgan fingerprint density at radius 2 is 1.85 bits per heavy atom. The van der Waals surface area contributed by atoms with Gasteiger partial charge < -0.3 is 16.4 Å². The first-order valence-corrected chi connectivity index (χ1v) is 6.57. The maximum absolute atomic E-state index is 11.8. The molecule has 0 aliphatic carbocycles. The molecule has 0 aromatic heterocycles. The van der Waals surface area contributed by atoms with E-state index in [0.29, 0.717) is 13.1 Å². The Balaban J connectivity index is 1.93. The number of benzene rings is 2. The highest BCUT2D eigenvalue weighted by molar-refractivity contribution is 5.89. The Morgan fingerprint density at radius 3 is 2.55 bits per heavy atom. The quantitative estimate of drug-likeness (QED) is 0.799. The molecule has 4 heteroatoms. The summed E-state index contributed by atoms with van der Waals surface area (Å²) >= 11 is 0. The number of hydrogen-bond acceptors (Lipinski definition) is 2. The van der Waals surface area contributed by atoms with Crippen molar-refractivity contribution in [3.8, 4) is 0 Å². The zero-order valence-electron chi connectivity index (χ0n) is 11.5. The summed E-state index contributed by atoms with van der Waals surface area (Å²) in [4.78, 5) is 11.8. The van der Waals surface area contributed by atoms with E-state index in [0.717, 1.165) is 22.4 Å². The van der Waals surface area contributed by atoms with E-state index in [1.807, 2.05) is 55.5 Å². The van der Waals surface area contributed by atoms with Crippen molar-refractivity contribution in [3.05, 3.63) is 65.2 Å². The average molecular weight is 269 g/mol. The molecule has 0 atom stereocenters. The maximum atomic E-state index is 11.8. The van der Waals surface area contributed by atoms with Crippen LogP contribution in [0.15, 0.2) is 48.5 Å². The SMILES string of the molecule is Cc1cc(CN)cc(NC(=O)NCc2ccccc2)c1. The van der Waals surface area contributed by atoms with E-state index in [1.54, 1.807) is 0 Å². The Labute approximate surface area is 119 Å². The predicted octanol–water partition coefficient (Wildman–Crippen LogP) is 2.78. The van der Waals surface area contributed by atoms with E-state index >= 15 is 0 Å². The van der Waals surface area contributed by atoms with Gasteiger partial charge in [-0.3, -0.25) is 0 Å². The molecule has 0 bridgehead atoms. The highest BCUT2D eigenvalue weighted by atomic mass is 16.2. The molecule has 2 amide bonds. The molecule has 0 saturated heterocycles. The Hall–Kier alpha value is -2.33. The molecular formula is C16H19N3O. The molecule has 104 valence electrons. The number of hydrogen-bond donors (Lipinski definition) is 3. The lowest BCUT2D eigenvalue weighted by atomic mass is 10.1. The second-order valence-corrected chi connectivity index (χ2v) is 4.70. The zero-order valence-corrected chi connectivity index (χ0v) is 11.5. The molecule has 0 saturated carbocycles. The number of anilines is 1. The predicted molar refractivity (Wildman–Crippen MR) is 81.4 cm³/mol. The van der Waals surface area contributed by atoms with Crippen molar-refractivity contribution in [1.82, 2.24) is 5.32 Å². The zero-order chi connectivity index (χ0) is 14.4. The van der Waals surface area contributed by atoms with Gasteiger partial charge in [-0.15, -0.1) is 0 Å². The number of nitrogens with two attached hydrogens (primary N) is 1. The van der Waals surface area contributed by atoms with Gasteiger partial charge in [0.05, 0.1) is 0 Å². The first-order valence-electron chi connectivity index (χ1n) is 6.57. The Morgan fingerprint density at radius 1 is 1.10 bits per heavy atom. The van der Waals surface area contributed by atoms with Crippen LogP contribution in [0.1, 0.15) is 16.7 Å². The summed E-state index contributed by atoms with van der Waals surface area (Å²) in [6.45, 7) is 2.94. The van der Waals surface area contributed by atoms with Gasteiger partial charge in [-0.05, 0) is 35.7 Å². The van der Waals surface area contributed by atoms with Gasteiger partial charge in [-0.1, -0.05) is 36.4 Å². The number of amides is 2. The molecule has 0 radical (unpaired) electrons. The van der Waals surface area contributed by atoms with Crippen molar-refractivity contribution in [2.75, 3.05) is 5.32 Å². The first kappa shape index (κ1) is 14.1. The molecule has 0 aliphatic heterocycles. The van der Waals surface area contributed by atoms with Crippen LogP contribution in [-0.4, -0.2) is 6.03 Å². The van der Waals surface area contributed by atoms with Crippen molar-refractivity contribution in [3.63, 3.8) is 0 Å². The van der Waals surface area contributed by atoms with Crippen LogP contribution in [0.25, 0.3) is 0 Å². The van der Waals surface area contributed by atoms with Crippen LogP contribution in [0.4, 0.5) is 10.5 Å². The monoisotopic (exact) mass is 269 g/mol. The molecule has 0 spiro atoms. The topological polar surface area (TPSA) is 67.1 Å². The Bertz CT molecular complexity index is 582. The molecular weight excluding hydrogens is 250 g/mol. The lowest BCUT2D eigenvalue weighted by Crippen LogP contribution is -2.28. The van der Waals surface area contributed by atoms with E-state index in [1.165, 1.54) is 0 Å². The third kappa shape index (κ3) is 4.10. The van der Waals surface area contributed by atoms with Crippen LogP contribution in [0, 0.1) is 6.92 Å². The van der Waals surface area contributed by atoms with E-state index in [9.17, 15) is 4.79 Å². The van der Waals surface area contributed by atoms with Crippen LogP contribution in [0.2, 0.25) is 0 Å². The molecule has 4 N–H and O–H groups in total. The number of carbonyl (C=O) groups excluding carboxylic acids is 1. The molecule has 0 unspecified atom stereocenters. The maximum Gasteiger partial charge on any atom is 0.319 e. The van der Waals surface area contributed by atoms with Gasteiger partial charge in [-0.25, -0.2) is 4.79 Å². The third-order valence-electron chi connectivity index (χ3n) is 2.93. The van der Waals surface area contributed by atoms with Crippen molar-refractivity contribution in [1.29, 1.82) is 0 Å². The van der Waals surface area contributed by atoms with Crippen LogP contribution >= 0.6 is 0 Å². The molecule has 0 fully saturated rings. The van der Waals surface area contributed by atoms with E-state index < -0.39 is 0 Å². The largest absolute Gasteiger partial charge is 0.334 e. The molecule has 2 aromatic carbocycles. The van der Waals surface area contributed by atoms with Gasteiger partial charge in [0.25, 0.3) is 0 Å². The molecule has 0 aliphatic rings. The smallest absolute Gasteiger partial charge is 0.319 e. The van der Waals surface area contributed by atoms with Crippen molar-refractivity contribution < 1.29 is 4.79 Å². The average Bonchev–Trinajstić information content (AvgIpc) is 2.45. The molecule has 20 heavy (non-hydrogen) atoms. The molecule has 4 nitrogen and oxygen atoms in total. The summed E-state index contributed by atoms with van der Waals surface area (Å²) < 4.78 is 0. The van der Waals surface area contributed by atoms with Gasteiger partial charge in [0.1, 0.15) is 0 Å². The standard InChI is InChI=1S/C16H19N3O/c1-12-7-14(10-17)9-15(8-12)19-16(20)18-11-13-5-3-2-4-6-13/h2-9H,10-11,17H2,1H3,(H2,18,19,20). The third-order valence-corrected chi connectivity index (χ3v) is 2.93. The second kappa shape index (κ2) is 6.73. The number of aryl methyl sites for hydroxylation is 1. The van der Waals surface area contributed by atoms with Crippen molar-refractivity contribution in [2.45, 2.75) is 20.0 Å². The van der Waals surface area contributed by atoms with Crippen LogP contribution in [0.5, 0.6) is 0 Å². The van der Waals surface area contributed by atoms with Crippen molar-refractivity contribution >= 4 is 11.7 Å². The number of nitrogens with one attached hydrogen (secondary N) is 2.